The lowest BCUT2D eigenvalue weighted by Crippen LogP contribution is -2.53. The van der Waals surface area contributed by atoms with E-state index >= 15 is 0 Å². The Labute approximate surface area is 98.0 Å². The van der Waals surface area contributed by atoms with Gasteiger partial charge in [0, 0.05) is 13.1 Å². The van der Waals surface area contributed by atoms with Gasteiger partial charge in [-0.15, -0.1) is 0 Å². The maximum atomic E-state index is 9.29. The first-order valence-electron chi connectivity index (χ1n) is 6.32. The first-order valence-corrected chi connectivity index (χ1v) is 6.32. The molecule has 0 aromatic carbocycles. The largest absolute Gasteiger partial charge is 0.396 e. The highest BCUT2D eigenvalue weighted by molar-refractivity contribution is 4.87. The summed E-state index contributed by atoms with van der Waals surface area (Å²) < 4.78 is 5.18. The number of nitrogens with zero attached hydrogens (tertiary/aromatic N) is 1. The third kappa shape index (κ3) is 2.94. The Hall–Kier alpha value is -0.160. The van der Waals surface area contributed by atoms with Gasteiger partial charge in [-0.1, -0.05) is 0 Å². The van der Waals surface area contributed by atoms with Crippen molar-refractivity contribution >= 4 is 0 Å². The van der Waals surface area contributed by atoms with Gasteiger partial charge in [-0.05, 0) is 38.9 Å². The molecule has 0 saturated carbocycles. The van der Waals surface area contributed by atoms with E-state index in [1.807, 2.05) is 0 Å². The van der Waals surface area contributed by atoms with Gasteiger partial charge >= 0.3 is 0 Å². The highest BCUT2D eigenvalue weighted by Crippen LogP contribution is 2.25. The summed E-state index contributed by atoms with van der Waals surface area (Å²) in [5.74, 6) is 0.774. The lowest BCUT2D eigenvalue weighted by molar-refractivity contribution is -0.134. The molecule has 1 atom stereocenters. The number of piperidine rings is 1. The summed E-state index contributed by atoms with van der Waals surface area (Å²) in [5.41, 5.74) is 0.0145. The number of hydrogen-bond donors (Lipinski definition) is 2. The van der Waals surface area contributed by atoms with Crippen molar-refractivity contribution in [2.75, 3.05) is 53.0 Å². The fourth-order valence-corrected chi connectivity index (χ4v) is 2.62. The standard InChI is InChI=1S/C12H24N2O2/c1-14-4-2-3-11(6-14)5-13-7-12(8-15)9-16-10-12/h11,13,15H,2-10H2,1H3. The average Bonchev–Trinajstić information content (AvgIpc) is 2.22. The Kier molecular flexibility index (Phi) is 4.19. The molecule has 0 aromatic rings. The van der Waals surface area contributed by atoms with Gasteiger partial charge < -0.3 is 20.1 Å². The molecular weight excluding hydrogens is 204 g/mol. The van der Waals surface area contributed by atoms with Crippen LogP contribution >= 0.6 is 0 Å². The molecule has 0 aromatic heterocycles. The van der Waals surface area contributed by atoms with E-state index in [-0.39, 0.29) is 12.0 Å². The number of aliphatic hydroxyl groups excluding tert-OH is 1. The minimum Gasteiger partial charge on any atom is -0.396 e. The summed E-state index contributed by atoms with van der Waals surface area (Å²) in [6, 6.07) is 0. The predicted octanol–water partition coefficient (Wildman–Crippen LogP) is -0.0733. The topological polar surface area (TPSA) is 44.7 Å². The van der Waals surface area contributed by atoms with Crippen LogP contribution in [-0.2, 0) is 4.74 Å². The molecule has 4 nitrogen and oxygen atoms in total. The van der Waals surface area contributed by atoms with Crippen LogP contribution in [0.4, 0.5) is 0 Å². The Balaban J connectivity index is 1.63. The SMILES string of the molecule is CN1CCCC(CNCC2(CO)COC2)C1. The summed E-state index contributed by atoms with van der Waals surface area (Å²) in [4.78, 5) is 2.41. The van der Waals surface area contributed by atoms with Gasteiger partial charge in [0.2, 0.25) is 0 Å². The molecule has 0 radical (unpaired) electrons. The Bertz CT molecular complexity index is 214. The Morgan fingerprint density at radius 2 is 2.31 bits per heavy atom. The van der Waals surface area contributed by atoms with E-state index in [1.54, 1.807) is 0 Å². The molecule has 2 N–H and O–H groups in total. The molecule has 2 rings (SSSR count). The zero-order chi connectivity index (χ0) is 11.4. The summed E-state index contributed by atoms with van der Waals surface area (Å²) in [6.45, 7) is 6.07. The Morgan fingerprint density at radius 3 is 2.88 bits per heavy atom. The van der Waals surface area contributed by atoms with Gasteiger partial charge in [-0.2, -0.15) is 0 Å². The van der Waals surface area contributed by atoms with E-state index < -0.39 is 0 Å². The molecule has 1 unspecified atom stereocenters. The van der Waals surface area contributed by atoms with Crippen LogP contribution in [0.3, 0.4) is 0 Å². The molecule has 2 fully saturated rings. The summed E-state index contributed by atoms with van der Waals surface area (Å²) in [5, 5.41) is 12.8. The number of aliphatic hydroxyl groups is 1. The predicted molar refractivity (Wildman–Crippen MR) is 63.4 cm³/mol. The van der Waals surface area contributed by atoms with Gasteiger partial charge in [0.05, 0.1) is 25.2 Å². The van der Waals surface area contributed by atoms with Gasteiger partial charge in [0.1, 0.15) is 0 Å². The normalized spacial score (nSPS) is 30.0. The highest BCUT2D eigenvalue weighted by Gasteiger charge is 2.37. The van der Waals surface area contributed by atoms with Crippen LogP contribution in [0.25, 0.3) is 0 Å². The van der Waals surface area contributed by atoms with E-state index in [2.05, 4.69) is 17.3 Å². The van der Waals surface area contributed by atoms with Crippen LogP contribution in [0.2, 0.25) is 0 Å². The number of ether oxygens (including phenoxy) is 1. The van der Waals surface area contributed by atoms with Crippen LogP contribution in [0.15, 0.2) is 0 Å². The molecular formula is C12H24N2O2. The van der Waals surface area contributed by atoms with E-state index in [9.17, 15) is 5.11 Å². The zero-order valence-electron chi connectivity index (χ0n) is 10.2. The molecule has 0 spiro atoms. The van der Waals surface area contributed by atoms with Gasteiger partial charge in [0.25, 0.3) is 0 Å². The molecule has 2 aliphatic rings. The summed E-state index contributed by atoms with van der Waals surface area (Å²) in [6.07, 6.45) is 2.65. The van der Waals surface area contributed by atoms with E-state index in [4.69, 9.17) is 4.74 Å². The van der Waals surface area contributed by atoms with Crippen LogP contribution in [0, 0.1) is 11.3 Å². The third-order valence-electron chi connectivity index (χ3n) is 3.81. The molecule has 0 bridgehead atoms. The maximum absolute atomic E-state index is 9.29. The molecule has 2 aliphatic heterocycles. The fraction of sp³-hybridized carbons (Fsp3) is 1.00. The number of hydrogen-bond acceptors (Lipinski definition) is 4. The van der Waals surface area contributed by atoms with Crippen molar-refractivity contribution in [3.63, 3.8) is 0 Å². The van der Waals surface area contributed by atoms with Crippen molar-refractivity contribution < 1.29 is 9.84 Å². The number of rotatable bonds is 5. The molecule has 2 saturated heterocycles. The van der Waals surface area contributed by atoms with Crippen LogP contribution in [-0.4, -0.2) is 63.1 Å². The molecule has 2 heterocycles. The van der Waals surface area contributed by atoms with E-state index in [0.717, 1.165) is 19.0 Å². The maximum Gasteiger partial charge on any atom is 0.0579 e. The van der Waals surface area contributed by atoms with Crippen molar-refractivity contribution in [2.24, 2.45) is 11.3 Å². The van der Waals surface area contributed by atoms with E-state index in [0.29, 0.717) is 13.2 Å². The van der Waals surface area contributed by atoms with Crippen molar-refractivity contribution in [3.8, 4) is 0 Å². The number of nitrogens with one attached hydrogen (secondary N) is 1. The molecule has 16 heavy (non-hydrogen) atoms. The second-order valence-electron chi connectivity index (χ2n) is 5.55. The third-order valence-corrected chi connectivity index (χ3v) is 3.81. The first-order chi connectivity index (χ1) is 7.74. The van der Waals surface area contributed by atoms with Crippen LogP contribution in [0.5, 0.6) is 0 Å². The molecule has 4 heteroatoms. The van der Waals surface area contributed by atoms with Crippen molar-refractivity contribution in [1.82, 2.24) is 10.2 Å². The smallest absolute Gasteiger partial charge is 0.0579 e. The second-order valence-corrected chi connectivity index (χ2v) is 5.55. The zero-order valence-corrected chi connectivity index (χ0v) is 10.2. The van der Waals surface area contributed by atoms with Crippen LogP contribution < -0.4 is 5.32 Å². The monoisotopic (exact) mass is 228 g/mol. The highest BCUT2D eigenvalue weighted by atomic mass is 16.5. The van der Waals surface area contributed by atoms with Gasteiger partial charge in [-0.25, -0.2) is 0 Å². The minimum absolute atomic E-state index is 0.0145. The molecule has 0 amide bonds. The lowest BCUT2D eigenvalue weighted by atomic mass is 9.86. The quantitative estimate of drug-likeness (QED) is 0.691. The van der Waals surface area contributed by atoms with Crippen molar-refractivity contribution in [2.45, 2.75) is 12.8 Å². The first kappa shape index (κ1) is 12.3. The Morgan fingerprint density at radius 1 is 1.50 bits per heavy atom. The van der Waals surface area contributed by atoms with Gasteiger partial charge in [0.15, 0.2) is 0 Å². The van der Waals surface area contributed by atoms with Crippen molar-refractivity contribution in [3.05, 3.63) is 0 Å². The summed E-state index contributed by atoms with van der Waals surface area (Å²) >= 11 is 0. The van der Waals surface area contributed by atoms with E-state index in [1.165, 1.54) is 25.9 Å². The lowest BCUT2D eigenvalue weighted by Gasteiger charge is -2.40. The number of likely N-dealkylation sites (tertiary alicyclic amines) is 1. The minimum atomic E-state index is 0.0145. The molecule has 0 aliphatic carbocycles. The van der Waals surface area contributed by atoms with Crippen LogP contribution in [0.1, 0.15) is 12.8 Å². The average molecular weight is 228 g/mol. The van der Waals surface area contributed by atoms with Gasteiger partial charge in [-0.3, -0.25) is 0 Å². The molecule has 94 valence electrons. The fourth-order valence-electron chi connectivity index (χ4n) is 2.62. The van der Waals surface area contributed by atoms with Crippen molar-refractivity contribution in [1.29, 1.82) is 0 Å². The summed E-state index contributed by atoms with van der Waals surface area (Å²) in [7, 11) is 2.20. The second kappa shape index (κ2) is 5.45.